The fourth-order valence-corrected chi connectivity index (χ4v) is 6.70. The van der Waals surface area contributed by atoms with Crippen molar-refractivity contribution < 1.29 is 9.84 Å². The van der Waals surface area contributed by atoms with Crippen LogP contribution in [0.1, 0.15) is 11.1 Å². The Morgan fingerprint density at radius 3 is 1.77 bits per heavy atom. The average Bonchev–Trinajstić information content (AvgIpc) is 3.44. The maximum atomic E-state index is 9.19. The highest BCUT2D eigenvalue weighted by atomic mass is 16.5. The lowest BCUT2D eigenvalue weighted by Gasteiger charge is -2.15. The molecule has 2 heteroatoms. The van der Waals surface area contributed by atoms with E-state index < -0.39 is 0 Å². The van der Waals surface area contributed by atoms with E-state index in [-0.39, 0.29) is 6.61 Å². The monoisotopic (exact) mass is 554 g/mol. The van der Waals surface area contributed by atoms with Gasteiger partial charge < -0.3 is 9.84 Å². The minimum absolute atomic E-state index is 0.00135. The van der Waals surface area contributed by atoms with E-state index in [0.717, 1.165) is 17.7 Å². The van der Waals surface area contributed by atoms with Crippen LogP contribution in [0.5, 0.6) is 5.75 Å². The Morgan fingerprint density at radius 1 is 0.488 bits per heavy atom. The first kappa shape index (κ1) is 25.5. The number of ether oxygens (including phenoxy) is 1. The first-order chi connectivity index (χ1) is 21.3. The van der Waals surface area contributed by atoms with Gasteiger partial charge >= 0.3 is 0 Å². The lowest BCUT2D eigenvalue weighted by atomic mass is 9.89. The zero-order chi connectivity index (χ0) is 28.8. The van der Waals surface area contributed by atoms with Gasteiger partial charge in [0.05, 0.1) is 6.61 Å². The summed E-state index contributed by atoms with van der Waals surface area (Å²) in [5, 5.41) is 14.2. The van der Waals surface area contributed by atoms with Crippen LogP contribution in [0.4, 0.5) is 0 Å². The Balaban J connectivity index is 1.33. The van der Waals surface area contributed by atoms with E-state index in [2.05, 4.69) is 127 Å². The molecule has 43 heavy (non-hydrogen) atoms. The van der Waals surface area contributed by atoms with Crippen molar-refractivity contribution in [1.29, 1.82) is 0 Å². The second-order valence-electron chi connectivity index (χ2n) is 11.2. The van der Waals surface area contributed by atoms with E-state index in [1.165, 1.54) is 71.6 Å². The Kier molecular flexibility index (Phi) is 6.28. The fourth-order valence-electron chi connectivity index (χ4n) is 6.70. The molecule has 0 bridgehead atoms. The predicted octanol–water partition coefficient (Wildman–Crippen LogP) is 9.94. The Morgan fingerprint density at radius 2 is 1.07 bits per heavy atom. The first-order valence-electron chi connectivity index (χ1n) is 14.9. The van der Waals surface area contributed by atoms with Crippen LogP contribution in [0.25, 0.3) is 66.1 Å². The largest absolute Gasteiger partial charge is 0.491 e. The van der Waals surface area contributed by atoms with Gasteiger partial charge in [0.2, 0.25) is 0 Å². The zero-order valence-electron chi connectivity index (χ0n) is 23.8. The fraction of sp³-hybridized carbons (Fsp3) is 0.0732. The summed E-state index contributed by atoms with van der Waals surface area (Å²) in [6.07, 6.45) is 0.897. The van der Waals surface area contributed by atoms with Crippen molar-refractivity contribution in [2.75, 3.05) is 13.2 Å². The van der Waals surface area contributed by atoms with Crippen LogP contribution in [0.3, 0.4) is 0 Å². The van der Waals surface area contributed by atoms with Crippen LogP contribution in [-0.2, 0) is 6.42 Å². The van der Waals surface area contributed by atoms with Gasteiger partial charge in [-0.3, -0.25) is 0 Å². The lowest BCUT2D eigenvalue weighted by molar-refractivity contribution is 0.201. The van der Waals surface area contributed by atoms with Crippen LogP contribution in [0, 0.1) is 0 Å². The average molecular weight is 555 g/mol. The van der Waals surface area contributed by atoms with Crippen molar-refractivity contribution in [2.24, 2.45) is 0 Å². The van der Waals surface area contributed by atoms with Gasteiger partial charge in [0.25, 0.3) is 0 Å². The van der Waals surface area contributed by atoms with Crippen molar-refractivity contribution in [3.05, 3.63) is 151 Å². The second-order valence-corrected chi connectivity index (χ2v) is 11.2. The molecule has 8 rings (SSSR count). The van der Waals surface area contributed by atoms with E-state index in [0.29, 0.717) is 6.61 Å². The minimum Gasteiger partial charge on any atom is -0.491 e. The van der Waals surface area contributed by atoms with E-state index in [1.807, 2.05) is 12.1 Å². The second kappa shape index (κ2) is 10.6. The topological polar surface area (TPSA) is 29.5 Å². The molecule has 0 radical (unpaired) electrons. The van der Waals surface area contributed by atoms with E-state index in [4.69, 9.17) is 4.74 Å². The van der Waals surface area contributed by atoms with Crippen molar-refractivity contribution in [2.45, 2.75) is 6.42 Å². The third kappa shape index (κ3) is 4.48. The van der Waals surface area contributed by atoms with Gasteiger partial charge in [-0.25, -0.2) is 0 Å². The molecule has 7 aromatic carbocycles. The van der Waals surface area contributed by atoms with Crippen LogP contribution in [0.15, 0.2) is 140 Å². The molecule has 0 unspecified atom stereocenters. The molecule has 0 aromatic heterocycles. The quantitative estimate of drug-likeness (QED) is 0.222. The molecular weight excluding hydrogens is 524 g/mol. The molecule has 0 aliphatic heterocycles. The van der Waals surface area contributed by atoms with E-state index in [9.17, 15) is 5.11 Å². The summed E-state index contributed by atoms with van der Waals surface area (Å²) in [5.74, 6) is 0.766. The maximum Gasteiger partial charge on any atom is 0.119 e. The number of aliphatic hydroxyl groups is 1. The molecule has 0 atom stereocenters. The van der Waals surface area contributed by atoms with E-state index >= 15 is 0 Å². The number of hydrogen-bond acceptors (Lipinski definition) is 2. The molecule has 1 aliphatic rings. The highest BCUT2D eigenvalue weighted by Gasteiger charge is 2.24. The molecule has 0 amide bonds. The number of benzene rings is 7. The highest BCUT2D eigenvalue weighted by Crippen LogP contribution is 2.47. The lowest BCUT2D eigenvalue weighted by Crippen LogP contribution is -2.01. The number of rotatable bonds is 6. The molecule has 0 heterocycles. The smallest absolute Gasteiger partial charge is 0.119 e. The first-order valence-corrected chi connectivity index (χ1v) is 14.9. The molecule has 1 N–H and O–H groups in total. The van der Waals surface area contributed by atoms with Crippen molar-refractivity contribution in [1.82, 2.24) is 0 Å². The van der Waals surface area contributed by atoms with Crippen LogP contribution in [0.2, 0.25) is 0 Å². The molecule has 0 saturated heterocycles. The SMILES string of the molecule is OCCOc1ccc(-c2cc(-c3cccc4ccccc34)cc3c2Cc2ccc(-c4cccc5ccccc45)cc2-3)cc1. The number of hydrogen-bond donors (Lipinski definition) is 1. The van der Waals surface area contributed by atoms with Gasteiger partial charge in [-0.2, -0.15) is 0 Å². The summed E-state index contributed by atoms with van der Waals surface area (Å²) < 4.78 is 5.67. The Labute approximate surface area is 251 Å². The zero-order valence-corrected chi connectivity index (χ0v) is 23.8. The summed E-state index contributed by atoms with van der Waals surface area (Å²) >= 11 is 0. The van der Waals surface area contributed by atoms with Gasteiger partial charge in [0.15, 0.2) is 0 Å². The van der Waals surface area contributed by atoms with Gasteiger partial charge in [-0.1, -0.05) is 109 Å². The summed E-state index contributed by atoms with van der Waals surface area (Å²) in [4.78, 5) is 0. The summed E-state index contributed by atoms with van der Waals surface area (Å²) in [5.41, 5.74) is 12.7. The Bertz CT molecular complexity index is 2130. The molecule has 2 nitrogen and oxygen atoms in total. The minimum atomic E-state index is 0.00135. The third-order valence-corrected chi connectivity index (χ3v) is 8.74. The molecule has 206 valence electrons. The predicted molar refractivity (Wildman–Crippen MR) is 179 cm³/mol. The highest BCUT2D eigenvalue weighted by molar-refractivity contribution is 6.01. The normalized spacial score (nSPS) is 11.9. The van der Waals surface area contributed by atoms with Gasteiger partial charge in [-0.15, -0.1) is 0 Å². The molecular formula is C41H30O2. The maximum absolute atomic E-state index is 9.19. The van der Waals surface area contributed by atoms with Crippen molar-refractivity contribution >= 4 is 21.5 Å². The third-order valence-electron chi connectivity index (χ3n) is 8.74. The van der Waals surface area contributed by atoms with Gasteiger partial charge in [0, 0.05) is 0 Å². The molecule has 0 fully saturated rings. The molecule has 0 saturated carbocycles. The summed E-state index contributed by atoms with van der Waals surface area (Å²) in [6.45, 7) is 0.293. The van der Waals surface area contributed by atoms with Gasteiger partial charge in [0.1, 0.15) is 12.4 Å². The van der Waals surface area contributed by atoms with Gasteiger partial charge in [-0.05, 0) is 114 Å². The molecule has 0 spiro atoms. The van der Waals surface area contributed by atoms with Crippen LogP contribution < -0.4 is 4.74 Å². The number of aliphatic hydroxyl groups excluding tert-OH is 1. The summed E-state index contributed by atoms with van der Waals surface area (Å²) in [7, 11) is 0. The molecule has 1 aliphatic carbocycles. The van der Waals surface area contributed by atoms with Crippen LogP contribution in [-0.4, -0.2) is 18.3 Å². The Hall–Kier alpha value is -5.18. The van der Waals surface area contributed by atoms with Crippen molar-refractivity contribution in [3.8, 4) is 50.3 Å². The standard InChI is InChI=1S/C41H30O2/c42-21-22-43-33-19-17-29(18-20-33)38-25-32(37-14-6-10-28-8-2-4-12-35(28)37)26-41-39-23-30(15-16-31(39)24-40(38)41)36-13-5-9-27-7-1-3-11-34(27)36/h1-20,23,25-26,42H,21-22,24H2. The van der Waals surface area contributed by atoms with E-state index in [1.54, 1.807) is 0 Å². The molecule has 7 aromatic rings. The number of fused-ring (bicyclic) bond motifs is 5. The van der Waals surface area contributed by atoms with Crippen LogP contribution >= 0.6 is 0 Å². The van der Waals surface area contributed by atoms with Crippen molar-refractivity contribution in [3.63, 3.8) is 0 Å². The summed E-state index contributed by atoms with van der Waals surface area (Å²) in [6, 6.07) is 50.5.